The first-order valence-corrected chi connectivity index (χ1v) is 7.05. The molecular weight excluding hydrogens is 240 g/mol. The lowest BCUT2D eigenvalue weighted by atomic mass is 9.96. The summed E-state index contributed by atoms with van der Waals surface area (Å²) >= 11 is 0. The molecule has 0 saturated carbocycles. The predicted molar refractivity (Wildman–Crippen MR) is 88.4 cm³/mol. The van der Waals surface area contributed by atoms with Crippen molar-refractivity contribution < 1.29 is 0 Å². The van der Waals surface area contributed by atoms with E-state index in [0.29, 0.717) is 0 Å². The van der Waals surface area contributed by atoms with Crippen LogP contribution in [-0.4, -0.2) is 0 Å². The van der Waals surface area contributed by atoms with Gasteiger partial charge in [0.15, 0.2) is 0 Å². The predicted octanol–water partition coefficient (Wildman–Crippen LogP) is 5.76. The van der Waals surface area contributed by atoms with Gasteiger partial charge in [-0.1, -0.05) is 48.5 Å². The molecule has 4 rings (SSSR count). The van der Waals surface area contributed by atoms with Crippen LogP contribution in [0.5, 0.6) is 0 Å². The molecule has 0 aliphatic carbocycles. The molecule has 0 heteroatoms. The summed E-state index contributed by atoms with van der Waals surface area (Å²) in [6.45, 7) is 4.36. The normalized spacial score (nSPS) is 11.5. The van der Waals surface area contributed by atoms with Crippen molar-refractivity contribution >= 4 is 32.3 Å². The molecule has 0 spiro atoms. The van der Waals surface area contributed by atoms with E-state index in [2.05, 4.69) is 74.5 Å². The van der Waals surface area contributed by atoms with Crippen LogP contribution in [0.3, 0.4) is 0 Å². The fraction of sp³-hybridized carbons (Fsp3) is 0.100. The Morgan fingerprint density at radius 1 is 0.500 bits per heavy atom. The summed E-state index contributed by atoms with van der Waals surface area (Å²) in [5, 5.41) is 7.97. The monoisotopic (exact) mass is 256 g/mol. The summed E-state index contributed by atoms with van der Waals surface area (Å²) in [6, 6.07) is 22.3. The third-order valence-corrected chi connectivity index (χ3v) is 4.31. The number of hydrogen-bond donors (Lipinski definition) is 0. The minimum absolute atomic E-state index is 1.31. The molecule has 96 valence electrons. The molecule has 0 aromatic heterocycles. The van der Waals surface area contributed by atoms with Crippen molar-refractivity contribution in [2.75, 3.05) is 0 Å². The van der Waals surface area contributed by atoms with Crippen LogP contribution in [0.4, 0.5) is 0 Å². The largest absolute Gasteiger partial charge is 0.0616 e. The van der Waals surface area contributed by atoms with E-state index in [4.69, 9.17) is 0 Å². The fourth-order valence-corrected chi connectivity index (χ4v) is 3.03. The highest BCUT2D eigenvalue weighted by molar-refractivity contribution is 6.12. The molecule has 0 atom stereocenters. The maximum atomic E-state index is 2.33. The summed E-state index contributed by atoms with van der Waals surface area (Å²) in [5.74, 6) is 0. The fourth-order valence-electron chi connectivity index (χ4n) is 3.03. The number of hydrogen-bond acceptors (Lipinski definition) is 0. The Bertz CT molecular complexity index is 962. The second kappa shape index (κ2) is 4.08. The van der Waals surface area contributed by atoms with E-state index in [0.717, 1.165) is 0 Å². The minimum Gasteiger partial charge on any atom is -0.0616 e. The van der Waals surface area contributed by atoms with Crippen LogP contribution in [0.2, 0.25) is 0 Å². The van der Waals surface area contributed by atoms with Crippen LogP contribution in [0.25, 0.3) is 32.3 Å². The van der Waals surface area contributed by atoms with Gasteiger partial charge >= 0.3 is 0 Å². The molecule has 0 bridgehead atoms. The Labute approximate surface area is 118 Å². The summed E-state index contributed by atoms with van der Waals surface area (Å²) in [7, 11) is 0. The summed E-state index contributed by atoms with van der Waals surface area (Å²) in [5.41, 5.74) is 2.72. The van der Waals surface area contributed by atoms with E-state index in [1.165, 1.54) is 43.4 Å². The molecule has 0 aliphatic rings. The number of fused-ring (bicyclic) bond motifs is 4. The van der Waals surface area contributed by atoms with Gasteiger partial charge in [-0.25, -0.2) is 0 Å². The van der Waals surface area contributed by atoms with Gasteiger partial charge in [0.1, 0.15) is 0 Å². The molecule has 0 fully saturated rings. The van der Waals surface area contributed by atoms with Gasteiger partial charge in [0.25, 0.3) is 0 Å². The maximum Gasteiger partial charge on any atom is -0.00990 e. The second-order valence-electron chi connectivity index (χ2n) is 5.64. The van der Waals surface area contributed by atoms with Gasteiger partial charge in [-0.05, 0) is 69.4 Å². The van der Waals surface area contributed by atoms with Crippen molar-refractivity contribution in [3.05, 3.63) is 71.8 Å². The Kier molecular flexibility index (Phi) is 2.34. The average Bonchev–Trinajstić information content (AvgIpc) is 2.47. The molecule has 0 radical (unpaired) electrons. The topological polar surface area (TPSA) is 0 Å². The van der Waals surface area contributed by atoms with Crippen LogP contribution < -0.4 is 0 Å². The van der Waals surface area contributed by atoms with Crippen molar-refractivity contribution in [2.24, 2.45) is 0 Å². The van der Waals surface area contributed by atoms with Gasteiger partial charge in [-0.2, -0.15) is 0 Å². The van der Waals surface area contributed by atoms with Crippen LogP contribution >= 0.6 is 0 Å². The van der Waals surface area contributed by atoms with Gasteiger partial charge < -0.3 is 0 Å². The molecule has 0 heterocycles. The molecule has 4 aromatic rings. The Morgan fingerprint density at radius 3 is 1.95 bits per heavy atom. The average molecular weight is 256 g/mol. The maximum absolute atomic E-state index is 2.33. The number of aryl methyl sites for hydroxylation is 2. The number of rotatable bonds is 0. The van der Waals surface area contributed by atoms with E-state index >= 15 is 0 Å². The van der Waals surface area contributed by atoms with E-state index in [9.17, 15) is 0 Å². The highest BCUT2D eigenvalue weighted by atomic mass is 14.1. The Morgan fingerprint density at radius 2 is 1.15 bits per heavy atom. The summed E-state index contributed by atoms with van der Waals surface area (Å²) in [6.07, 6.45) is 0. The molecule has 0 saturated heterocycles. The van der Waals surface area contributed by atoms with E-state index in [1.54, 1.807) is 0 Å². The van der Waals surface area contributed by atoms with Crippen molar-refractivity contribution in [2.45, 2.75) is 13.8 Å². The highest BCUT2D eigenvalue weighted by Gasteiger charge is 2.04. The Balaban J connectivity index is 2.21. The van der Waals surface area contributed by atoms with Gasteiger partial charge in [0.2, 0.25) is 0 Å². The van der Waals surface area contributed by atoms with Crippen LogP contribution in [0, 0.1) is 13.8 Å². The standard InChI is InChI=1S/C20H16/c1-13-9-17-11-16-8-7-15-5-3-4-6-19(15)20(16)12-18(17)10-14(13)2/h3-12H,1-2H3. The van der Waals surface area contributed by atoms with Gasteiger partial charge in [-0.15, -0.1) is 0 Å². The van der Waals surface area contributed by atoms with Gasteiger partial charge in [0.05, 0.1) is 0 Å². The Hall–Kier alpha value is -2.34. The van der Waals surface area contributed by atoms with Gasteiger partial charge in [0, 0.05) is 0 Å². The first kappa shape index (κ1) is 11.5. The zero-order valence-corrected chi connectivity index (χ0v) is 11.8. The van der Waals surface area contributed by atoms with Crippen molar-refractivity contribution in [3.63, 3.8) is 0 Å². The van der Waals surface area contributed by atoms with Crippen LogP contribution in [0.15, 0.2) is 60.7 Å². The highest BCUT2D eigenvalue weighted by Crippen LogP contribution is 2.30. The van der Waals surface area contributed by atoms with E-state index < -0.39 is 0 Å². The quantitative estimate of drug-likeness (QED) is 0.277. The lowest BCUT2D eigenvalue weighted by Crippen LogP contribution is -1.84. The molecule has 0 aliphatic heterocycles. The molecule has 0 N–H and O–H groups in total. The number of benzene rings is 4. The summed E-state index contributed by atoms with van der Waals surface area (Å²) in [4.78, 5) is 0. The lowest BCUT2D eigenvalue weighted by molar-refractivity contribution is 1.37. The first-order chi connectivity index (χ1) is 9.72. The molecule has 4 aromatic carbocycles. The molecule has 0 nitrogen and oxygen atoms in total. The smallest absolute Gasteiger partial charge is 0.00990 e. The first-order valence-electron chi connectivity index (χ1n) is 7.05. The van der Waals surface area contributed by atoms with Crippen LogP contribution in [0.1, 0.15) is 11.1 Å². The molecule has 0 amide bonds. The van der Waals surface area contributed by atoms with Crippen LogP contribution in [-0.2, 0) is 0 Å². The second-order valence-corrected chi connectivity index (χ2v) is 5.64. The third kappa shape index (κ3) is 1.61. The van der Waals surface area contributed by atoms with Gasteiger partial charge in [-0.3, -0.25) is 0 Å². The van der Waals surface area contributed by atoms with Crippen molar-refractivity contribution in [1.29, 1.82) is 0 Å². The SMILES string of the molecule is Cc1cc2cc3ccc4ccccc4c3cc2cc1C. The zero-order valence-electron chi connectivity index (χ0n) is 11.8. The lowest BCUT2D eigenvalue weighted by Gasteiger charge is -2.08. The van der Waals surface area contributed by atoms with Crippen molar-refractivity contribution in [3.8, 4) is 0 Å². The van der Waals surface area contributed by atoms with Crippen molar-refractivity contribution in [1.82, 2.24) is 0 Å². The zero-order chi connectivity index (χ0) is 13.7. The van der Waals surface area contributed by atoms with E-state index in [-0.39, 0.29) is 0 Å². The molecule has 20 heavy (non-hydrogen) atoms. The third-order valence-electron chi connectivity index (χ3n) is 4.31. The summed E-state index contributed by atoms with van der Waals surface area (Å²) < 4.78 is 0. The minimum atomic E-state index is 1.31. The van der Waals surface area contributed by atoms with E-state index in [1.807, 2.05) is 0 Å². The molecular formula is C20H16. The molecule has 0 unspecified atom stereocenters.